The number of sulfone groups is 1. The number of hydrogen-bond donors (Lipinski definition) is 1. The van der Waals surface area contributed by atoms with Crippen molar-refractivity contribution in [3.05, 3.63) is 56.7 Å². The van der Waals surface area contributed by atoms with E-state index in [9.17, 15) is 18.0 Å². The molecule has 10 heteroatoms. The first-order valence-corrected chi connectivity index (χ1v) is 9.96. The predicted molar refractivity (Wildman–Crippen MR) is 101 cm³/mol. The van der Waals surface area contributed by atoms with E-state index in [1.165, 1.54) is 44.0 Å². The molecule has 0 spiro atoms. The molecule has 0 atom stereocenters. The summed E-state index contributed by atoms with van der Waals surface area (Å²) in [6, 6.07) is 7.54. The highest BCUT2D eigenvalue weighted by molar-refractivity contribution is 7.90. The third kappa shape index (κ3) is 5.06. The molecule has 1 aromatic carbocycles. The van der Waals surface area contributed by atoms with Gasteiger partial charge in [0.05, 0.1) is 18.0 Å². The fraction of sp³-hybridized carbons (Fsp3) is 0.412. The first-order chi connectivity index (χ1) is 12.7. The fourth-order valence-electron chi connectivity index (χ4n) is 2.44. The summed E-state index contributed by atoms with van der Waals surface area (Å²) in [6.07, 6.45) is 0.579. The van der Waals surface area contributed by atoms with Crippen molar-refractivity contribution in [2.24, 2.45) is 7.05 Å². The average Bonchev–Trinajstić information content (AvgIpc) is 2.63. The lowest BCUT2D eigenvalue weighted by Gasteiger charge is -2.18. The van der Waals surface area contributed by atoms with Crippen LogP contribution in [0.15, 0.2) is 44.8 Å². The zero-order valence-corrected chi connectivity index (χ0v) is 16.4. The van der Waals surface area contributed by atoms with Crippen molar-refractivity contribution in [3.63, 3.8) is 0 Å². The maximum atomic E-state index is 12.6. The van der Waals surface area contributed by atoms with Gasteiger partial charge in [-0.25, -0.2) is 13.2 Å². The van der Waals surface area contributed by atoms with Crippen molar-refractivity contribution >= 4 is 15.7 Å². The lowest BCUT2D eigenvalue weighted by Crippen LogP contribution is -2.39. The van der Waals surface area contributed by atoms with Crippen LogP contribution in [0.3, 0.4) is 0 Å². The lowest BCUT2D eigenvalue weighted by atomic mass is 10.2. The Bertz CT molecular complexity index is 1000. The summed E-state index contributed by atoms with van der Waals surface area (Å²) >= 11 is 0. The molecule has 1 aromatic heterocycles. The molecule has 0 fully saturated rings. The minimum atomic E-state index is -3.30. The van der Waals surface area contributed by atoms with Crippen LogP contribution in [0.25, 0.3) is 0 Å². The number of hydrogen-bond acceptors (Lipinski definition) is 7. The first kappa shape index (κ1) is 20.9. The van der Waals surface area contributed by atoms with Crippen LogP contribution in [0, 0.1) is 0 Å². The number of methoxy groups -OCH3 is 2. The van der Waals surface area contributed by atoms with Crippen LogP contribution in [0.5, 0.6) is 0 Å². The Hall–Kier alpha value is -2.43. The van der Waals surface area contributed by atoms with E-state index in [4.69, 9.17) is 9.47 Å². The van der Waals surface area contributed by atoms with E-state index in [1.54, 1.807) is 12.1 Å². The summed E-state index contributed by atoms with van der Waals surface area (Å²) in [5.41, 5.74) is -0.234. The molecule has 148 valence electrons. The normalized spacial score (nSPS) is 11.7. The summed E-state index contributed by atoms with van der Waals surface area (Å²) < 4.78 is 35.7. The number of ether oxygens (including phenoxy) is 2. The predicted octanol–water partition coefficient (Wildman–Crippen LogP) is 0.0296. The first-order valence-electron chi connectivity index (χ1n) is 8.06. The molecule has 2 rings (SSSR count). The van der Waals surface area contributed by atoms with E-state index in [0.29, 0.717) is 11.4 Å². The molecule has 0 saturated heterocycles. The van der Waals surface area contributed by atoms with E-state index < -0.39 is 27.4 Å². The van der Waals surface area contributed by atoms with Gasteiger partial charge in [-0.3, -0.25) is 13.9 Å². The molecule has 0 unspecified atom stereocenters. The summed E-state index contributed by atoms with van der Waals surface area (Å²) in [4.78, 5) is 24.7. The highest BCUT2D eigenvalue weighted by Gasteiger charge is 2.13. The summed E-state index contributed by atoms with van der Waals surface area (Å²) in [6.45, 7) is 0.385. The largest absolute Gasteiger partial charge is 0.366 e. The van der Waals surface area contributed by atoms with Crippen LogP contribution in [0.1, 0.15) is 5.56 Å². The van der Waals surface area contributed by atoms with Gasteiger partial charge in [-0.15, -0.1) is 0 Å². The van der Waals surface area contributed by atoms with Gasteiger partial charge in [0.15, 0.2) is 16.1 Å². The van der Waals surface area contributed by atoms with Crippen LogP contribution in [0.4, 0.5) is 5.82 Å². The Morgan fingerprint density at radius 3 is 2.22 bits per heavy atom. The van der Waals surface area contributed by atoms with E-state index in [-0.39, 0.29) is 18.0 Å². The van der Waals surface area contributed by atoms with Crippen LogP contribution in [0.2, 0.25) is 0 Å². The Kier molecular flexibility index (Phi) is 6.58. The molecule has 0 aliphatic carbocycles. The molecule has 0 radical (unpaired) electrons. The second-order valence-corrected chi connectivity index (χ2v) is 8.01. The minimum Gasteiger partial charge on any atom is -0.366 e. The molecular formula is C17H23N3O6S. The second kappa shape index (κ2) is 8.51. The molecule has 0 aliphatic heterocycles. The van der Waals surface area contributed by atoms with Gasteiger partial charge in [-0.1, -0.05) is 12.1 Å². The molecule has 0 aliphatic rings. The van der Waals surface area contributed by atoms with E-state index >= 15 is 0 Å². The fourth-order valence-corrected chi connectivity index (χ4v) is 3.08. The van der Waals surface area contributed by atoms with Gasteiger partial charge in [-0.05, 0) is 17.7 Å². The third-order valence-electron chi connectivity index (χ3n) is 4.07. The molecule has 2 aromatic rings. The SMILES string of the molecule is COC(CNc1cc(=O)n(C)c(=O)n1Cc1ccc(S(C)(=O)=O)cc1)OC. The molecular weight excluding hydrogens is 374 g/mol. The van der Waals surface area contributed by atoms with E-state index in [1.807, 2.05) is 0 Å². The number of aromatic nitrogens is 2. The molecule has 9 nitrogen and oxygen atoms in total. The van der Waals surface area contributed by atoms with Gasteiger partial charge in [0.25, 0.3) is 5.56 Å². The van der Waals surface area contributed by atoms with Gasteiger partial charge in [0.2, 0.25) is 0 Å². The summed E-state index contributed by atoms with van der Waals surface area (Å²) in [5, 5.41) is 2.98. The zero-order valence-electron chi connectivity index (χ0n) is 15.6. The van der Waals surface area contributed by atoms with Gasteiger partial charge < -0.3 is 14.8 Å². The van der Waals surface area contributed by atoms with Crippen molar-refractivity contribution in [2.45, 2.75) is 17.7 Å². The molecule has 0 amide bonds. The quantitative estimate of drug-likeness (QED) is 0.626. The minimum absolute atomic E-state index is 0.157. The Morgan fingerprint density at radius 2 is 1.70 bits per heavy atom. The maximum absolute atomic E-state index is 12.6. The van der Waals surface area contributed by atoms with Crippen molar-refractivity contribution < 1.29 is 17.9 Å². The number of nitrogens with one attached hydrogen (secondary N) is 1. The Balaban J connectivity index is 2.38. The van der Waals surface area contributed by atoms with Crippen LogP contribution < -0.4 is 16.6 Å². The smallest absolute Gasteiger partial charge is 0.332 e. The average molecular weight is 397 g/mol. The Labute approximate surface area is 157 Å². The Morgan fingerprint density at radius 1 is 1.11 bits per heavy atom. The molecule has 27 heavy (non-hydrogen) atoms. The van der Waals surface area contributed by atoms with Crippen LogP contribution >= 0.6 is 0 Å². The van der Waals surface area contributed by atoms with E-state index in [0.717, 1.165) is 10.8 Å². The maximum Gasteiger partial charge on any atom is 0.332 e. The molecule has 0 saturated carbocycles. The van der Waals surface area contributed by atoms with Gasteiger partial charge in [-0.2, -0.15) is 0 Å². The van der Waals surface area contributed by atoms with Crippen LogP contribution in [-0.2, 0) is 32.9 Å². The molecule has 1 heterocycles. The standard InChI is InChI=1S/C17H23N3O6S/c1-19-15(21)9-14(18-10-16(25-2)26-3)20(17(19)22)11-12-5-7-13(8-6-12)27(4,23)24/h5-9,16,18H,10-11H2,1-4H3. The van der Waals surface area contributed by atoms with Crippen molar-refractivity contribution in [3.8, 4) is 0 Å². The highest BCUT2D eigenvalue weighted by Crippen LogP contribution is 2.12. The summed E-state index contributed by atoms with van der Waals surface area (Å²) in [5.74, 6) is 0.314. The van der Waals surface area contributed by atoms with Gasteiger partial charge >= 0.3 is 5.69 Å². The van der Waals surface area contributed by atoms with E-state index in [2.05, 4.69) is 5.32 Å². The number of benzene rings is 1. The van der Waals surface area contributed by atoms with Crippen molar-refractivity contribution in [1.82, 2.24) is 9.13 Å². The van der Waals surface area contributed by atoms with Crippen molar-refractivity contribution in [1.29, 1.82) is 0 Å². The van der Waals surface area contributed by atoms with Crippen molar-refractivity contribution in [2.75, 3.05) is 32.3 Å². The third-order valence-corrected chi connectivity index (χ3v) is 5.20. The topological polar surface area (TPSA) is 109 Å². The monoisotopic (exact) mass is 397 g/mol. The van der Waals surface area contributed by atoms with Gasteiger partial charge in [0.1, 0.15) is 5.82 Å². The number of nitrogens with zero attached hydrogens (tertiary/aromatic N) is 2. The van der Waals surface area contributed by atoms with Crippen LogP contribution in [-0.4, -0.2) is 50.9 Å². The number of rotatable bonds is 8. The highest BCUT2D eigenvalue weighted by atomic mass is 32.2. The zero-order chi connectivity index (χ0) is 20.2. The molecule has 0 bridgehead atoms. The van der Waals surface area contributed by atoms with Gasteiger partial charge in [0, 0.05) is 33.6 Å². The summed E-state index contributed by atoms with van der Waals surface area (Å²) in [7, 11) is 1.06. The lowest BCUT2D eigenvalue weighted by molar-refractivity contribution is -0.0914. The molecule has 1 N–H and O–H groups in total. The second-order valence-electron chi connectivity index (χ2n) is 5.99. The number of anilines is 1.